The molecule has 0 aliphatic heterocycles. The van der Waals surface area contributed by atoms with Gasteiger partial charge >= 0.3 is 0 Å². The Morgan fingerprint density at radius 1 is 1.44 bits per heavy atom. The van der Waals surface area contributed by atoms with E-state index in [1.807, 2.05) is 6.07 Å². The Morgan fingerprint density at radius 2 is 2.28 bits per heavy atom. The van der Waals surface area contributed by atoms with Crippen LogP contribution in [0.25, 0.3) is 0 Å². The Bertz CT molecular complexity index is 554. The van der Waals surface area contributed by atoms with E-state index in [0.717, 1.165) is 28.0 Å². The third kappa shape index (κ3) is 3.51. The van der Waals surface area contributed by atoms with Crippen LogP contribution in [-0.2, 0) is 6.42 Å². The summed E-state index contributed by atoms with van der Waals surface area (Å²) in [5.41, 5.74) is 7.39. The van der Waals surface area contributed by atoms with Crippen LogP contribution >= 0.6 is 39.5 Å². The fraction of sp³-hybridized carbons (Fsp3) is 0.167. The highest BCUT2D eigenvalue weighted by Gasteiger charge is 2.04. The second kappa shape index (κ2) is 6.26. The summed E-state index contributed by atoms with van der Waals surface area (Å²) in [6.45, 7) is 0.828. The zero-order valence-electron chi connectivity index (χ0n) is 9.52. The second-order valence-corrected chi connectivity index (χ2v) is 6.66. The van der Waals surface area contributed by atoms with Gasteiger partial charge in [0.2, 0.25) is 0 Å². The Balaban J connectivity index is 1.96. The summed E-state index contributed by atoms with van der Waals surface area (Å²) < 4.78 is 1.16. The van der Waals surface area contributed by atoms with Crippen molar-refractivity contribution in [2.45, 2.75) is 6.42 Å². The molecule has 0 aliphatic carbocycles. The number of anilines is 1. The van der Waals surface area contributed by atoms with Crippen LogP contribution in [0.5, 0.6) is 0 Å². The maximum atomic E-state index is 5.66. The lowest BCUT2D eigenvalue weighted by Gasteiger charge is -2.09. The molecule has 0 fully saturated rings. The summed E-state index contributed by atoms with van der Waals surface area (Å²) in [7, 11) is 0. The Labute approximate surface area is 124 Å². The van der Waals surface area contributed by atoms with E-state index in [-0.39, 0.29) is 0 Å². The first kappa shape index (κ1) is 13.5. The fourth-order valence-corrected chi connectivity index (χ4v) is 3.22. The highest BCUT2D eigenvalue weighted by atomic mass is 79.9. The molecule has 2 aromatic heterocycles. The van der Waals surface area contributed by atoms with Crippen molar-refractivity contribution >= 4 is 50.2 Å². The zero-order chi connectivity index (χ0) is 13.0. The van der Waals surface area contributed by atoms with Crippen LogP contribution in [0, 0.1) is 0 Å². The Hall–Kier alpha value is -0.980. The van der Waals surface area contributed by atoms with Crippen molar-refractivity contribution in [1.82, 2.24) is 4.98 Å². The molecule has 0 saturated carbocycles. The van der Waals surface area contributed by atoms with Gasteiger partial charge in [0.1, 0.15) is 4.99 Å². The number of nitrogens with two attached hydrogens (primary N) is 1. The summed E-state index contributed by atoms with van der Waals surface area (Å²) >= 11 is 10.2. The van der Waals surface area contributed by atoms with E-state index in [9.17, 15) is 0 Å². The van der Waals surface area contributed by atoms with Crippen LogP contribution in [0.3, 0.4) is 0 Å². The van der Waals surface area contributed by atoms with E-state index >= 15 is 0 Å². The molecule has 0 radical (unpaired) electrons. The number of thiocarbonyl (C=S) groups is 1. The van der Waals surface area contributed by atoms with Crippen molar-refractivity contribution < 1.29 is 0 Å². The largest absolute Gasteiger partial charge is 0.389 e. The second-order valence-electron chi connectivity index (χ2n) is 3.67. The predicted molar refractivity (Wildman–Crippen MR) is 84.3 cm³/mol. The maximum Gasteiger partial charge on any atom is 0.106 e. The number of hydrogen-bond donors (Lipinski definition) is 2. The molecule has 3 N–H and O–H groups in total. The molecule has 6 heteroatoms. The van der Waals surface area contributed by atoms with E-state index in [4.69, 9.17) is 18.0 Å². The van der Waals surface area contributed by atoms with Gasteiger partial charge in [0.05, 0.1) is 15.7 Å². The smallest absolute Gasteiger partial charge is 0.106 e. The van der Waals surface area contributed by atoms with Gasteiger partial charge in [-0.15, -0.1) is 11.3 Å². The molecule has 0 bridgehead atoms. The number of hydrogen-bond acceptors (Lipinski definition) is 4. The highest BCUT2D eigenvalue weighted by molar-refractivity contribution is 9.11. The summed E-state index contributed by atoms with van der Waals surface area (Å²) in [5.74, 6) is 0. The van der Waals surface area contributed by atoms with E-state index in [1.165, 1.54) is 4.88 Å². The van der Waals surface area contributed by atoms with Crippen LogP contribution in [0.1, 0.15) is 10.4 Å². The van der Waals surface area contributed by atoms with E-state index in [0.29, 0.717) is 4.99 Å². The van der Waals surface area contributed by atoms with Gasteiger partial charge in [0.15, 0.2) is 0 Å². The number of halogens is 1. The molecular weight excluding hydrogens is 330 g/mol. The number of rotatable bonds is 5. The lowest BCUT2D eigenvalue weighted by atomic mass is 10.2. The van der Waals surface area contributed by atoms with Gasteiger partial charge in [-0.2, -0.15) is 0 Å². The maximum absolute atomic E-state index is 5.66. The molecule has 0 spiro atoms. The molecule has 0 unspecified atom stereocenters. The lowest BCUT2D eigenvalue weighted by Crippen LogP contribution is -2.14. The third-order valence-corrected chi connectivity index (χ3v) is 4.31. The Kier molecular flexibility index (Phi) is 4.68. The molecule has 0 aliphatic rings. The van der Waals surface area contributed by atoms with Crippen molar-refractivity contribution in [3.63, 3.8) is 0 Å². The van der Waals surface area contributed by atoms with Gasteiger partial charge in [-0.3, -0.25) is 4.98 Å². The molecule has 3 nitrogen and oxygen atoms in total. The molecule has 18 heavy (non-hydrogen) atoms. The Morgan fingerprint density at radius 3 is 2.94 bits per heavy atom. The molecule has 0 aromatic carbocycles. The number of thiophene rings is 1. The lowest BCUT2D eigenvalue weighted by molar-refractivity contribution is 1.04. The number of nitrogens with zero attached hydrogens (tertiary/aromatic N) is 1. The van der Waals surface area contributed by atoms with E-state index in [1.54, 1.807) is 23.7 Å². The minimum absolute atomic E-state index is 0.388. The SMILES string of the molecule is NC(=S)c1ccncc1NCCc1ccc(Br)s1. The van der Waals surface area contributed by atoms with Crippen LogP contribution < -0.4 is 11.1 Å². The van der Waals surface area contributed by atoms with Gasteiger partial charge < -0.3 is 11.1 Å². The average molecular weight is 342 g/mol. The van der Waals surface area contributed by atoms with Crippen LogP contribution in [0.15, 0.2) is 34.4 Å². The van der Waals surface area contributed by atoms with E-state index in [2.05, 4.69) is 38.4 Å². The minimum atomic E-state index is 0.388. The topological polar surface area (TPSA) is 50.9 Å². The monoisotopic (exact) mass is 341 g/mol. The van der Waals surface area contributed by atoms with Crippen molar-refractivity contribution in [3.05, 3.63) is 44.8 Å². The molecule has 0 atom stereocenters. The zero-order valence-corrected chi connectivity index (χ0v) is 12.7. The predicted octanol–water partition coefficient (Wildman–Crippen LogP) is 3.19. The van der Waals surface area contributed by atoms with Gasteiger partial charge in [0, 0.05) is 23.2 Å². The summed E-state index contributed by atoms with van der Waals surface area (Å²) in [5, 5.41) is 3.31. The molecule has 2 aromatic rings. The normalized spacial score (nSPS) is 10.3. The molecule has 2 heterocycles. The molecule has 2 rings (SSSR count). The van der Waals surface area contributed by atoms with Gasteiger partial charge in [0.25, 0.3) is 0 Å². The van der Waals surface area contributed by atoms with Crippen LogP contribution in [0.4, 0.5) is 5.69 Å². The van der Waals surface area contributed by atoms with Crippen molar-refractivity contribution in [2.24, 2.45) is 5.73 Å². The molecular formula is C12H12BrN3S2. The standard InChI is InChI=1S/C12H12BrN3S2/c13-11-2-1-8(18-11)3-6-16-10-7-15-5-4-9(10)12(14)17/h1-2,4-5,7,16H,3,6H2,(H2,14,17). The summed E-state index contributed by atoms with van der Waals surface area (Å²) in [6.07, 6.45) is 4.40. The number of pyridine rings is 1. The average Bonchev–Trinajstić information content (AvgIpc) is 2.75. The van der Waals surface area contributed by atoms with Crippen LogP contribution in [-0.4, -0.2) is 16.5 Å². The number of aromatic nitrogens is 1. The fourth-order valence-electron chi connectivity index (χ4n) is 1.56. The molecule has 0 amide bonds. The first-order chi connectivity index (χ1) is 8.66. The first-order valence-corrected chi connectivity index (χ1v) is 7.40. The summed E-state index contributed by atoms with van der Waals surface area (Å²) in [6, 6.07) is 6.01. The first-order valence-electron chi connectivity index (χ1n) is 5.38. The quantitative estimate of drug-likeness (QED) is 0.820. The molecule has 0 saturated heterocycles. The van der Waals surface area contributed by atoms with Gasteiger partial charge in [-0.25, -0.2) is 0 Å². The van der Waals surface area contributed by atoms with E-state index < -0.39 is 0 Å². The van der Waals surface area contributed by atoms with Crippen molar-refractivity contribution in [2.75, 3.05) is 11.9 Å². The molecule has 94 valence electrons. The highest BCUT2D eigenvalue weighted by Crippen LogP contribution is 2.22. The summed E-state index contributed by atoms with van der Waals surface area (Å²) in [4.78, 5) is 5.79. The number of nitrogens with one attached hydrogen (secondary N) is 1. The van der Waals surface area contributed by atoms with Crippen molar-refractivity contribution in [3.8, 4) is 0 Å². The van der Waals surface area contributed by atoms with Gasteiger partial charge in [-0.1, -0.05) is 12.2 Å². The third-order valence-electron chi connectivity index (χ3n) is 2.40. The van der Waals surface area contributed by atoms with Crippen molar-refractivity contribution in [1.29, 1.82) is 0 Å². The minimum Gasteiger partial charge on any atom is -0.389 e. The van der Waals surface area contributed by atoms with Gasteiger partial charge in [-0.05, 0) is 40.5 Å². The van der Waals surface area contributed by atoms with Crippen LogP contribution in [0.2, 0.25) is 0 Å².